The van der Waals surface area contributed by atoms with Crippen LogP contribution in [0.1, 0.15) is 26.7 Å². The lowest BCUT2D eigenvalue weighted by atomic mass is 10.1. The third kappa shape index (κ3) is 7.29. The summed E-state index contributed by atoms with van der Waals surface area (Å²) in [6, 6.07) is 0. The van der Waals surface area contributed by atoms with Crippen molar-refractivity contribution in [2.75, 3.05) is 0 Å². The smallest absolute Gasteiger partial charge is 0.407 e. The first kappa shape index (κ1) is 10.4. The molecule has 0 aromatic rings. The first-order chi connectivity index (χ1) is 5.16. The Morgan fingerprint density at radius 1 is 1.55 bits per heavy atom. The molecule has 0 unspecified atom stereocenters. The predicted octanol–water partition coefficient (Wildman–Crippen LogP) is 0.773. The van der Waals surface area contributed by atoms with Gasteiger partial charge in [0.2, 0.25) is 0 Å². The van der Waals surface area contributed by atoms with Crippen molar-refractivity contribution in [3.63, 3.8) is 0 Å². The van der Waals surface area contributed by atoms with Crippen LogP contribution in [0.15, 0.2) is 17.1 Å². The van der Waals surface area contributed by atoms with E-state index in [9.17, 15) is 0 Å². The van der Waals surface area contributed by atoms with E-state index in [1.165, 1.54) is 0 Å². The highest BCUT2D eigenvalue weighted by Gasteiger charge is 2.01. The molecule has 0 spiro atoms. The fourth-order valence-corrected chi connectivity index (χ4v) is 0.646. The molecule has 0 heterocycles. The van der Waals surface area contributed by atoms with E-state index in [0.717, 1.165) is 12.8 Å². The lowest BCUT2D eigenvalue weighted by Gasteiger charge is -1.91. The van der Waals surface area contributed by atoms with Crippen LogP contribution in [0.2, 0.25) is 0 Å². The Morgan fingerprint density at radius 2 is 2.18 bits per heavy atom. The Labute approximate surface area is 67.6 Å². The van der Waals surface area contributed by atoms with Crippen molar-refractivity contribution in [2.24, 2.45) is 4.90 Å². The fraction of sp³-hybridized carbons (Fsp3) is 0.571. The predicted molar refractivity (Wildman–Crippen MR) is 47.3 cm³/mol. The van der Waals surface area contributed by atoms with Gasteiger partial charge in [0.1, 0.15) is 0 Å². The molecule has 2 N–H and O–H groups in total. The topological polar surface area (TPSA) is 52.8 Å². The van der Waals surface area contributed by atoms with Crippen LogP contribution in [-0.4, -0.2) is 23.0 Å². The van der Waals surface area contributed by atoms with Crippen LogP contribution in [0.5, 0.6) is 0 Å². The minimum Gasteiger partial charge on any atom is -0.407 e. The summed E-state index contributed by atoms with van der Waals surface area (Å²) in [7, 11) is -1.58. The molecular weight excluding hydrogens is 141 g/mol. The molecule has 0 aliphatic heterocycles. The third-order valence-electron chi connectivity index (χ3n) is 1.13. The largest absolute Gasteiger partial charge is 0.606 e. The molecule has 0 aromatic heterocycles. The zero-order chi connectivity index (χ0) is 8.69. The first-order valence-electron chi connectivity index (χ1n) is 3.74. The fourth-order valence-electron chi connectivity index (χ4n) is 0.646. The minimum absolute atomic E-state index is 0.633. The van der Waals surface area contributed by atoms with E-state index >= 15 is 0 Å². The highest BCUT2D eigenvalue weighted by molar-refractivity contribution is 6.41. The van der Waals surface area contributed by atoms with E-state index < -0.39 is 7.25 Å². The van der Waals surface area contributed by atoms with Crippen molar-refractivity contribution in [1.82, 2.24) is 0 Å². The van der Waals surface area contributed by atoms with E-state index in [4.69, 9.17) is 10.0 Å². The average Bonchev–Trinajstić information content (AvgIpc) is 1.86. The Bertz CT molecular complexity index is 155. The van der Waals surface area contributed by atoms with Crippen molar-refractivity contribution in [3.05, 3.63) is 12.2 Å². The summed E-state index contributed by atoms with van der Waals surface area (Å²) in [4.78, 5) is 3.49. The molecule has 11 heavy (non-hydrogen) atoms. The molecule has 3 nitrogen and oxygen atoms in total. The molecule has 0 rings (SSSR count). The van der Waals surface area contributed by atoms with E-state index in [-0.39, 0.29) is 0 Å². The Balaban J connectivity index is 3.75. The van der Waals surface area contributed by atoms with Crippen molar-refractivity contribution in [3.8, 4) is 0 Å². The Hall–Kier alpha value is -0.605. The first-order valence-corrected chi connectivity index (χ1v) is 3.74. The molecule has 0 atom stereocenters. The molecule has 0 aliphatic carbocycles. The molecular formula is C7H14BNO2. The van der Waals surface area contributed by atoms with E-state index in [2.05, 4.69) is 11.8 Å². The number of hydrogen-bond donors (Lipinski definition) is 2. The van der Waals surface area contributed by atoms with Crippen LogP contribution in [-0.2, 0) is 0 Å². The molecule has 0 aromatic carbocycles. The minimum atomic E-state index is -1.58. The summed E-state index contributed by atoms with van der Waals surface area (Å²) >= 11 is 0. The summed E-state index contributed by atoms with van der Waals surface area (Å²) in [5.74, 6) is 0. The van der Waals surface area contributed by atoms with Crippen LogP contribution in [0.25, 0.3) is 0 Å². The lowest BCUT2D eigenvalue weighted by Crippen LogP contribution is -2.09. The lowest BCUT2D eigenvalue weighted by molar-refractivity contribution is 0.410. The third-order valence-corrected chi connectivity index (χ3v) is 1.13. The van der Waals surface area contributed by atoms with Gasteiger partial charge in [0.05, 0.1) is 0 Å². The molecule has 4 heteroatoms. The Kier molecular flexibility index (Phi) is 5.79. The standard InChI is InChI=1S/C7H14BNO2/c1-3-4-5-6-7(2)9-8(10)11/h5-6,10-11H,3-4H2,1-2H3/b6-5-,9-7-. The average molecular weight is 155 g/mol. The molecule has 0 fully saturated rings. The number of allylic oxidation sites excluding steroid dienone is 2. The Morgan fingerprint density at radius 3 is 2.64 bits per heavy atom. The number of hydrogen-bond acceptors (Lipinski definition) is 3. The molecule has 0 aliphatic rings. The van der Waals surface area contributed by atoms with Gasteiger partial charge in [-0.25, -0.2) is 0 Å². The van der Waals surface area contributed by atoms with Gasteiger partial charge in [0.15, 0.2) is 0 Å². The molecule has 0 amide bonds. The van der Waals surface area contributed by atoms with E-state index in [0.29, 0.717) is 5.71 Å². The van der Waals surface area contributed by atoms with Gasteiger partial charge in [-0.15, -0.1) is 0 Å². The quantitative estimate of drug-likeness (QED) is 0.465. The van der Waals surface area contributed by atoms with Crippen molar-refractivity contribution >= 4 is 13.0 Å². The van der Waals surface area contributed by atoms with E-state index in [1.807, 2.05) is 6.08 Å². The van der Waals surface area contributed by atoms with Gasteiger partial charge in [-0.05, 0) is 19.4 Å². The van der Waals surface area contributed by atoms with Crippen molar-refractivity contribution < 1.29 is 10.0 Å². The van der Waals surface area contributed by atoms with Crippen LogP contribution in [0, 0.1) is 0 Å². The number of rotatable bonds is 4. The van der Waals surface area contributed by atoms with Crippen molar-refractivity contribution in [1.29, 1.82) is 0 Å². The van der Waals surface area contributed by atoms with Gasteiger partial charge in [-0.3, -0.25) is 4.90 Å². The normalized spacial score (nSPS) is 12.5. The molecule has 0 saturated heterocycles. The second-order valence-corrected chi connectivity index (χ2v) is 2.31. The second kappa shape index (κ2) is 6.13. The highest BCUT2D eigenvalue weighted by Crippen LogP contribution is 1.90. The van der Waals surface area contributed by atoms with Gasteiger partial charge in [-0.1, -0.05) is 19.4 Å². The summed E-state index contributed by atoms with van der Waals surface area (Å²) < 4.78 is 0. The van der Waals surface area contributed by atoms with Crippen LogP contribution >= 0.6 is 0 Å². The van der Waals surface area contributed by atoms with Crippen molar-refractivity contribution in [2.45, 2.75) is 26.7 Å². The summed E-state index contributed by atoms with van der Waals surface area (Å²) in [5.41, 5.74) is 0.633. The summed E-state index contributed by atoms with van der Waals surface area (Å²) in [6.07, 6.45) is 5.82. The maximum Gasteiger partial charge on any atom is 0.606 e. The maximum atomic E-state index is 8.41. The van der Waals surface area contributed by atoms with Crippen LogP contribution < -0.4 is 0 Å². The number of unbranched alkanes of at least 4 members (excludes halogenated alkanes) is 1. The monoisotopic (exact) mass is 155 g/mol. The molecule has 62 valence electrons. The van der Waals surface area contributed by atoms with Gasteiger partial charge in [0.25, 0.3) is 0 Å². The maximum absolute atomic E-state index is 8.41. The second-order valence-electron chi connectivity index (χ2n) is 2.31. The summed E-state index contributed by atoms with van der Waals surface area (Å²) in [6.45, 7) is 3.81. The molecule has 0 radical (unpaired) electrons. The number of nitrogens with zero attached hydrogens (tertiary/aromatic N) is 1. The SMILES string of the molecule is CCC/C=C\C(C)=N/B(O)O. The van der Waals surface area contributed by atoms with E-state index in [1.54, 1.807) is 13.0 Å². The molecule has 0 saturated carbocycles. The highest BCUT2D eigenvalue weighted by atomic mass is 16.4. The van der Waals surface area contributed by atoms with Gasteiger partial charge < -0.3 is 10.0 Å². The van der Waals surface area contributed by atoms with Crippen LogP contribution in [0.3, 0.4) is 0 Å². The zero-order valence-corrected chi connectivity index (χ0v) is 6.99. The van der Waals surface area contributed by atoms with Gasteiger partial charge >= 0.3 is 7.25 Å². The van der Waals surface area contributed by atoms with Gasteiger partial charge in [-0.2, -0.15) is 0 Å². The van der Waals surface area contributed by atoms with Gasteiger partial charge in [0, 0.05) is 5.71 Å². The zero-order valence-electron chi connectivity index (χ0n) is 6.99. The van der Waals surface area contributed by atoms with Crippen LogP contribution in [0.4, 0.5) is 0 Å². The molecule has 0 bridgehead atoms. The summed E-state index contributed by atoms with van der Waals surface area (Å²) in [5, 5.41) is 16.8.